The van der Waals surface area contributed by atoms with Gasteiger partial charge in [-0.2, -0.15) is 0 Å². The topological polar surface area (TPSA) is 43.1 Å². The summed E-state index contributed by atoms with van der Waals surface area (Å²) in [6.07, 6.45) is 0. The average molecular weight is 243 g/mol. The summed E-state index contributed by atoms with van der Waals surface area (Å²) in [6.45, 7) is 3.52. The Bertz CT molecular complexity index is 597. The van der Waals surface area contributed by atoms with Crippen LogP contribution in [0.4, 0.5) is 10.1 Å². The molecule has 0 saturated carbocycles. The minimum Gasteiger partial charge on any atom is -0.398 e. The molecule has 0 saturated heterocycles. The van der Waals surface area contributed by atoms with Gasteiger partial charge < -0.3 is 5.73 Å². The number of aryl methyl sites for hydroxylation is 2. The van der Waals surface area contributed by atoms with E-state index in [1.165, 1.54) is 6.07 Å². The van der Waals surface area contributed by atoms with Crippen LogP contribution < -0.4 is 5.73 Å². The lowest BCUT2D eigenvalue weighted by molar-refractivity contribution is 0.103. The lowest BCUT2D eigenvalue weighted by atomic mass is 9.96. The SMILES string of the molecule is Cc1cc(C)c(C(=O)c2ccccc2N)c(F)c1. The zero-order valence-electron chi connectivity index (χ0n) is 10.3. The van der Waals surface area contributed by atoms with Crippen molar-refractivity contribution in [2.24, 2.45) is 0 Å². The Morgan fingerprint density at radius 3 is 2.44 bits per heavy atom. The van der Waals surface area contributed by atoms with E-state index >= 15 is 0 Å². The van der Waals surface area contributed by atoms with Gasteiger partial charge in [-0.1, -0.05) is 18.2 Å². The largest absolute Gasteiger partial charge is 0.398 e. The second-order valence-corrected chi connectivity index (χ2v) is 4.36. The molecule has 2 aromatic rings. The van der Waals surface area contributed by atoms with Crippen LogP contribution >= 0.6 is 0 Å². The van der Waals surface area contributed by atoms with Crippen molar-refractivity contribution in [1.29, 1.82) is 0 Å². The van der Waals surface area contributed by atoms with Gasteiger partial charge in [-0.3, -0.25) is 4.79 Å². The summed E-state index contributed by atoms with van der Waals surface area (Å²) in [4.78, 5) is 12.3. The first-order valence-corrected chi connectivity index (χ1v) is 5.66. The molecular weight excluding hydrogens is 229 g/mol. The van der Waals surface area contributed by atoms with E-state index in [4.69, 9.17) is 5.73 Å². The van der Waals surface area contributed by atoms with E-state index < -0.39 is 5.82 Å². The predicted octanol–water partition coefficient (Wildman–Crippen LogP) is 3.26. The van der Waals surface area contributed by atoms with Crippen molar-refractivity contribution in [3.05, 3.63) is 64.5 Å². The molecule has 2 aromatic carbocycles. The monoisotopic (exact) mass is 243 g/mol. The van der Waals surface area contributed by atoms with Crippen molar-refractivity contribution in [1.82, 2.24) is 0 Å². The van der Waals surface area contributed by atoms with Crippen LogP contribution in [0.5, 0.6) is 0 Å². The summed E-state index contributed by atoms with van der Waals surface area (Å²) in [6, 6.07) is 9.84. The molecule has 0 aliphatic heterocycles. The molecule has 0 amide bonds. The van der Waals surface area contributed by atoms with Gasteiger partial charge in [-0.25, -0.2) is 4.39 Å². The highest BCUT2D eigenvalue weighted by molar-refractivity contribution is 6.13. The number of halogens is 1. The molecule has 0 heterocycles. The summed E-state index contributed by atoms with van der Waals surface area (Å²) in [7, 11) is 0. The molecule has 0 aliphatic carbocycles. The van der Waals surface area contributed by atoms with Crippen molar-refractivity contribution in [2.75, 3.05) is 5.73 Å². The third kappa shape index (κ3) is 2.12. The smallest absolute Gasteiger partial charge is 0.198 e. The molecule has 2 nitrogen and oxygen atoms in total. The summed E-state index contributed by atoms with van der Waals surface area (Å²) in [5.74, 6) is -0.871. The molecule has 0 spiro atoms. The minimum absolute atomic E-state index is 0.0958. The first-order valence-electron chi connectivity index (χ1n) is 5.66. The zero-order valence-corrected chi connectivity index (χ0v) is 10.3. The van der Waals surface area contributed by atoms with Gasteiger partial charge in [-0.15, -0.1) is 0 Å². The highest BCUT2D eigenvalue weighted by Gasteiger charge is 2.18. The Hall–Kier alpha value is -2.16. The first kappa shape index (κ1) is 12.3. The number of anilines is 1. The fourth-order valence-electron chi connectivity index (χ4n) is 2.04. The summed E-state index contributed by atoms with van der Waals surface area (Å²) in [5.41, 5.74) is 7.96. The number of para-hydroxylation sites is 1. The molecule has 2 rings (SSSR count). The highest BCUT2D eigenvalue weighted by atomic mass is 19.1. The first-order chi connectivity index (χ1) is 8.50. The number of benzene rings is 2. The molecule has 0 radical (unpaired) electrons. The van der Waals surface area contributed by atoms with Crippen LogP contribution in [0.25, 0.3) is 0 Å². The fraction of sp³-hybridized carbons (Fsp3) is 0.133. The molecule has 0 aromatic heterocycles. The van der Waals surface area contributed by atoms with Gasteiger partial charge in [0.15, 0.2) is 5.78 Å². The Balaban J connectivity index is 2.57. The number of carbonyl (C=O) groups is 1. The van der Waals surface area contributed by atoms with Gasteiger partial charge in [0.2, 0.25) is 0 Å². The fourth-order valence-corrected chi connectivity index (χ4v) is 2.04. The molecule has 0 atom stereocenters. The predicted molar refractivity (Wildman–Crippen MR) is 70.2 cm³/mol. The van der Waals surface area contributed by atoms with Crippen molar-refractivity contribution in [2.45, 2.75) is 13.8 Å². The second kappa shape index (κ2) is 4.61. The molecular formula is C15H14FNO. The Kier molecular flexibility index (Phi) is 3.15. The minimum atomic E-state index is -0.499. The normalized spacial score (nSPS) is 10.4. The van der Waals surface area contributed by atoms with Gasteiger partial charge >= 0.3 is 0 Å². The third-order valence-corrected chi connectivity index (χ3v) is 2.86. The number of rotatable bonds is 2. The number of nitrogen functional groups attached to an aromatic ring is 1. The quantitative estimate of drug-likeness (QED) is 0.650. The van der Waals surface area contributed by atoms with Gasteiger partial charge in [0.25, 0.3) is 0 Å². The molecule has 18 heavy (non-hydrogen) atoms. The maximum Gasteiger partial charge on any atom is 0.198 e. The number of nitrogens with two attached hydrogens (primary N) is 1. The summed E-state index contributed by atoms with van der Waals surface area (Å²) < 4.78 is 13.9. The van der Waals surface area contributed by atoms with Crippen molar-refractivity contribution < 1.29 is 9.18 Å². The van der Waals surface area contributed by atoms with E-state index in [1.54, 1.807) is 44.2 Å². The molecule has 0 fully saturated rings. The average Bonchev–Trinajstić information content (AvgIpc) is 2.27. The number of carbonyl (C=O) groups excluding carboxylic acids is 1. The highest BCUT2D eigenvalue weighted by Crippen LogP contribution is 2.22. The van der Waals surface area contributed by atoms with E-state index in [0.717, 1.165) is 5.56 Å². The molecule has 0 aliphatic rings. The standard InChI is InChI=1S/C15H14FNO/c1-9-7-10(2)14(12(16)8-9)15(18)11-5-3-4-6-13(11)17/h3-8H,17H2,1-2H3. The molecule has 0 bridgehead atoms. The lowest BCUT2D eigenvalue weighted by Gasteiger charge is -2.09. The summed E-state index contributed by atoms with van der Waals surface area (Å²) in [5, 5.41) is 0. The Morgan fingerprint density at radius 1 is 1.17 bits per heavy atom. The maximum absolute atomic E-state index is 13.9. The zero-order chi connectivity index (χ0) is 13.3. The maximum atomic E-state index is 13.9. The van der Waals surface area contributed by atoms with E-state index in [-0.39, 0.29) is 11.3 Å². The molecule has 0 unspecified atom stereocenters. The van der Waals surface area contributed by atoms with Gasteiger partial charge in [0, 0.05) is 11.3 Å². The van der Waals surface area contributed by atoms with E-state index in [1.807, 2.05) is 0 Å². The van der Waals surface area contributed by atoms with Crippen molar-refractivity contribution >= 4 is 11.5 Å². The second-order valence-electron chi connectivity index (χ2n) is 4.36. The van der Waals surface area contributed by atoms with Crippen molar-refractivity contribution in [3.63, 3.8) is 0 Å². The van der Waals surface area contributed by atoms with Crippen LogP contribution in [0.15, 0.2) is 36.4 Å². The van der Waals surface area contributed by atoms with Crippen molar-refractivity contribution in [3.8, 4) is 0 Å². The van der Waals surface area contributed by atoms with E-state index in [2.05, 4.69) is 0 Å². The van der Waals surface area contributed by atoms with Crippen LogP contribution in [0.3, 0.4) is 0 Å². The van der Waals surface area contributed by atoms with Crippen LogP contribution in [0, 0.1) is 19.7 Å². The molecule has 92 valence electrons. The van der Waals surface area contributed by atoms with Gasteiger partial charge in [-0.05, 0) is 43.2 Å². The van der Waals surface area contributed by atoms with Crippen LogP contribution in [-0.4, -0.2) is 5.78 Å². The van der Waals surface area contributed by atoms with Crippen LogP contribution in [0.2, 0.25) is 0 Å². The molecule has 3 heteroatoms. The third-order valence-electron chi connectivity index (χ3n) is 2.86. The molecule has 2 N–H and O–H groups in total. The Labute approximate surface area is 105 Å². The van der Waals surface area contributed by atoms with Crippen LogP contribution in [0.1, 0.15) is 27.0 Å². The number of hydrogen-bond donors (Lipinski definition) is 1. The van der Waals surface area contributed by atoms with Gasteiger partial charge in [0.1, 0.15) is 5.82 Å². The summed E-state index contributed by atoms with van der Waals surface area (Å²) >= 11 is 0. The van der Waals surface area contributed by atoms with E-state index in [0.29, 0.717) is 16.8 Å². The lowest BCUT2D eigenvalue weighted by Crippen LogP contribution is -2.09. The van der Waals surface area contributed by atoms with Crippen LogP contribution in [-0.2, 0) is 0 Å². The van der Waals surface area contributed by atoms with Gasteiger partial charge in [0.05, 0.1) is 5.56 Å². The van der Waals surface area contributed by atoms with E-state index in [9.17, 15) is 9.18 Å². The Morgan fingerprint density at radius 2 is 1.83 bits per heavy atom. The number of hydrogen-bond acceptors (Lipinski definition) is 2. The number of ketones is 1.